The minimum atomic E-state index is -1.50. The zero-order valence-corrected chi connectivity index (χ0v) is 37.4. The Bertz CT molecular complexity index is 1330. The second-order valence-corrected chi connectivity index (χ2v) is 18.3. The zero-order chi connectivity index (χ0) is 41.4. The Morgan fingerprint density at radius 3 is 1.49 bits per heavy atom. The van der Waals surface area contributed by atoms with E-state index in [9.17, 15) is 19.5 Å². The van der Waals surface area contributed by atoms with Crippen LogP contribution in [0.2, 0.25) is 0 Å². The van der Waals surface area contributed by atoms with E-state index in [4.69, 9.17) is 9.47 Å². The van der Waals surface area contributed by atoms with E-state index in [-0.39, 0.29) is 24.3 Å². The van der Waals surface area contributed by atoms with E-state index in [1.165, 1.54) is 109 Å². The Morgan fingerprint density at radius 2 is 1.05 bits per heavy atom. The van der Waals surface area contributed by atoms with E-state index in [1.54, 1.807) is 6.92 Å². The van der Waals surface area contributed by atoms with Crippen molar-refractivity contribution in [3.8, 4) is 0 Å². The minimum Gasteiger partial charge on any atom is -0.465 e. The molecule has 0 aliphatic heterocycles. The third kappa shape index (κ3) is 15.9. The van der Waals surface area contributed by atoms with Crippen LogP contribution in [-0.4, -0.2) is 41.1 Å². The summed E-state index contributed by atoms with van der Waals surface area (Å²) in [6, 6.07) is 0. The van der Waals surface area contributed by atoms with Gasteiger partial charge in [-0.25, -0.2) is 0 Å². The summed E-state index contributed by atoms with van der Waals surface area (Å²) in [4.78, 5) is 40.1. The first-order valence-corrected chi connectivity index (χ1v) is 23.9. The molecule has 0 aromatic carbocycles. The molecule has 324 valence electrons. The SMILES string of the molecule is CCCCCCCC/C=C/CCCCCCCC(=O)OC[C@]1(C)C=C2C(=O)[C@](C)(O)C3(CC3)C(C)=C2C1OC(=O)CCCCCCC/C=C/CCCCCCCC. The number of carbonyl (C=O) groups excluding carboxylic acids is 3. The highest BCUT2D eigenvalue weighted by Crippen LogP contribution is 2.65. The van der Waals surface area contributed by atoms with Gasteiger partial charge in [0.2, 0.25) is 0 Å². The maximum Gasteiger partial charge on any atom is 0.306 e. The Balaban J connectivity index is 1.39. The number of allylic oxidation sites excluding steroid dienone is 4. The van der Waals surface area contributed by atoms with Gasteiger partial charge in [0.15, 0.2) is 5.78 Å². The van der Waals surface area contributed by atoms with Gasteiger partial charge in [-0.2, -0.15) is 0 Å². The maximum absolute atomic E-state index is 13.8. The smallest absolute Gasteiger partial charge is 0.306 e. The van der Waals surface area contributed by atoms with Gasteiger partial charge in [0.25, 0.3) is 0 Å². The predicted molar refractivity (Wildman–Crippen MR) is 236 cm³/mol. The van der Waals surface area contributed by atoms with Crippen molar-refractivity contribution in [1.29, 1.82) is 0 Å². The highest BCUT2D eigenvalue weighted by atomic mass is 16.6. The van der Waals surface area contributed by atoms with Crippen LogP contribution in [0.4, 0.5) is 0 Å². The molecular weight excluding hydrogens is 709 g/mol. The van der Waals surface area contributed by atoms with E-state index in [2.05, 4.69) is 38.2 Å². The third-order valence-electron chi connectivity index (χ3n) is 13.2. The van der Waals surface area contributed by atoms with Crippen molar-refractivity contribution < 1.29 is 29.0 Å². The lowest BCUT2D eigenvalue weighted by Crippen LogP contribution is -2.50. The second-order valence-electron chi connectivity index (χ2n) is 18.3. The molecule has 3 aliphatic carbocycles. The highest BCUT2D eigenvalue weighted by molar-refractivity contribution is 6.09. The number of hydrogen-bond donors (Lipinski definition) is 1. The molecule has 1 unspecified atom stereocenters. The van der Waals surface area contributed by atoms with Crippen LogP contribution in [0.15, 0.2) is 47.1 Å². The van der Waals surface area contributed by atoms with Crippen LogP contribution >= 0.6 is 0 Å². The number of ether oxygens (including phenoxy) is 2. The van der Waals surface area contributed by atoms with Gasteiger partial charge in [-0.15, -0.1) is 0 Å². The highest BCUT2D eigenvalue weighted by Gasteiger charge is 2.67. The fourth-order valence-electron chi connectivity index (χ4n) is 9.12. The maximum atomic E-state index is 13.8. The molecule has 0 saturated heterocycles. The van der Waals surface area contributed by atoms with Crippen molar-refractivity contribution >= 4 is 17.7 Å². The summed E-state index contributed by atoms with van der Waals surface area (Å²) < 4.78 is 12.1. The number of rotatable bonds is 33. The van der Waals surface area contributed by atoms with Crippen LogP contribution in [0.5, 0.6) is 0 Å². The minimum absolute atomic E-state index is 0.0188. The van der Waals surface area contributed by atoms with Crippen LogP contribution < -0.4 is 0 Å². The molecule has 0 aromatic rings. The van der Waals surface area contributed by atoms with Crippen LogP contribution in [0.1, 0.15) is 227 Å². The monoisotopic (exact) mass is 793 g/mol. The Hall–Kier alpha value is -2.47. The van der Waals surface area contributed by atoms with E-state index in [0.717, 1.165) is 81.8 Å². The molecule has 57 heavy (non-hydrogen) atoms. The molecule has 1 N–H and O–H groups in total. The summed E-state index contributed by atoms with van der Waals surface area (Å²) in [6.45, 7) is 10.1. The van der Waals surface area contributed by atoms with Crippen molar-refractivity contribution in [3.05, 3.63) is 47.1 Å². The molecule has 6 nitrogen and oxygen atoms in total. The van der Waals surface area contributed by atoms with E-state index < -0.39 is 22.5 Å². The van der Waals surface area contributed by atoms with Crippen LogP contribution in [-0.2, 0) is 23.9 Å². The predicted octanol–water partition coefficient (Wildman–Crippen LogP) is 13.9. The number of esters is 2. The van der Waals surface area contributed by atoms with Gasteiger partial charge >= 0.3 is 11.9 Å². The molecule has 0 amide bonds. The standard InChI is InChI=1S/C51H84O6/c1-6-8-10-12-14-16-18-20-22-24-26-28-30-32-34-36-44(52)56-41-49(4)40-43-46(42(3)51(38-39-51)50(5,55)47(43)54)48(49)57-45(53)37-35-33-31-29-27-25-23-21-19-17-15-13-11-9-7-2/h20-23,40,48,55H,6-19,24-39,41H2,1-5H3/b22-20+,23-21+/t48?,49-,50-/m0/s1. The van der Waals surface area contributed by atoms with Gasteiger partial charge < -0.3 is 14.6 Å². The van der Waals surface area contributed by atoms with Crippen LogP contribution in [0.3, 0.4) is 0 Å². The van der Waals surface area contributed by atoms with E-state index >= 15 is 0 Å². The lowest BCUT2D eigenvalue weighted by atomic mass is 9.67. The Labute approximate surface area is 349 Å². The molecule has 1 fully saturated rings. The molecule has 0 radical (unpaired) electrons. The number of ketones is 1. The largest absolute Gasteiger partial charge is 0.465 e. The van der Waals surface area contributed by atoms with Gasteiger partial charge in [-0.3, -0.25) is 14.4 Å². The number of aliphatic hydroxyl groups is 1. The molecule has 1 spiro atoms. The molecule has 0 bridgehead atoms. The van der Waals surface area contributed by atoms with E-state index in [0.29, 0.717) is 18.4 Å². The molecule has 6 heteroatoms. The zero-order valence-electron chi connectivity index (χ0n) is 37.4. The normalized spacial score (nSPS) is 22.5. The average Bonchev–Trinajstić information content (AvgIpc) is 3.96. The van der Waals surface area contributed by atoms with Gasteiger partial charge in [0.1, 0.15) is 18.3 Å². The molecule has 1 saturated carbocycles. The summed E-state index contributed by atoms with van der Waals surface area (Å²) in [5.74, 6) is -0.863. The van der Waals surface area contributed by atoms with Crippen LogP contribution in [0, 0.1) is 10.8 Å². The molecule has 3 atom stereocenters. The summed E-state index contributed by atoms with van der Waals surface area (Å²) >= 11 is 0. The molecule has 0 heterocycles. The first-order valence-electron chi connectivity index (χ1n) is 23.9. The van der Waals surface area contributed by atoms with Gasteiger partial charge in [-0.05, 0) is 97.8 Å². The molecule has 3 aliphatic rings. The van der Waals surface area contributed by atoms with Crippen molar-refractivity contribution in [2.24, 2.45) is 10.8 Å². The number of hydrogen-bond acceptors (Lipinski definition) is 6. The summed E-state index contributed by atoms with van der Waals surface area (Å²) in [6.07, 6.45) is 43.7. The average molecular weight is 793 g/mol. The van der Waals surface area contributed by atoms with Gasteiger partial charge in [-0.1, -0.05) is 153 Å². The second kappa shape index (κ2) is 26.6. The lowest BCUT2D eigenvalue weighted by molar-refractivity contribution is -0.156. The third-order valence-corrected chi connectivity index (χ3v) is 13.2. The number of unbranched alkanes of at least 4 members (excludes halogenated alkanes) is 22. The van der Waals surface area contributed by atoms with Crippen molar-refractivity contribution in [2.45, 2.75) is 239 Å². The molecule has 0 aromatic heterocycles. The van der Waals surface area contributed by atoms with Gasteiger partial charge in [0, 0.05) is 29.4 Å². The fourth-order valence-corrected chi connectivity index (χ4v) is 9.12. The van der Waals surface area contributed by atoms with Crippen LogP contribution in [0.25, 0.3) is 0 Å². The summed E-state index contributed by atoms with van der Waals surface area (Å²) in [5.41, 5.74) is -0.940. The lowest BCUT2D eigenvalue weighted by Gasteiger charge is -2.40. The first kappa shape index (κ1) is 48.9. The quantitative estimate of drug-likeness (QED) is 0.0404. The first-order chi connectivity index (χ1) is 27.5. The van der Waals surface area contributed by atoms with E-state index in [1.807, 2.05) is 19.9 Å². The number of carbonyl (C=O) groups is 3. The van der Waals surface area contributed by atoms with Crippen molar-refractivity contribution in [2.75, 3.05) is 6.61 Å². The molecule has 3 rings (SSSR count). The van der Waals surface area contributed by atoms with Crippen molar-refractivity contribution in [1.82, 2.24) is 0 Å². The summed E-state index contributed by atoms with van der Waals surface area (Å²) in [7, 11) is 0. The fraction of sp³-hybridized carbons (Fsp3) is 0.784. The topological polar surface area (TPSA) is 89.9 Å². The Morgan fingerprint density at radius 1 is 0.649 bits per heavy atom. The van der Waals surface area contributed by atoms with Gasteiger partial charge in [0.05, 0.1) is 5.41 Å². The number of Topliss-reactive ketones (excluding diaryl/α,β-unsaturated/α-hetero) is 1. The Kier molecular flexibility index (Phi) is 22.8. The van der Waals surface area contributed by atoms with Crippen molar-refractivity contribution in [3.63, 3.8) is 0 Å². The molecular formula is C51H84O6. The number of fused-ring (bicyclic) bond motifs is 1. The summed E-state index contributed by atoms with van der Waals surface area (Å²) in [5, 5.41) is 11.4.